The topological polar surface area (TPSA) is 51.2 Å². The third-order valence-electron chi connectivity index (χ3n) is 4.18. The quantitative estimate of drug-likeness (QED) is 0.496. The lowest BCUT2D eigenvalue weighted by molar-refractivity contribution is 0.102. The highest BCUT2D eigenvalue weighted by Crippen LogP contribution is 2.32. The molecule has 0 saturated heterocycles. The molecular weight excluding hydrogens is 368 g/mol. The molecule has 26 heavy (non-hydrogen) atoms. The molecule has 0 aliphatic carbocycles. The lowest BCUT2D eigenvalue weighted by Gasteiger charge is -2.09. The van der Waals surface area contributed by atoms with E-state index in [1.165, 1.54) is 11.3 Å². The molecule has 1 heterocycles. The summed E-state index contributed by atoms with van der Waals surface area (Å²) in [7, 11) is 1.56. The van der Waals surface area contributed by atoms with E-state index in [1.807, 2.05) is 55.5 Å². The van der Waals surface area contributed by atoms with Gasteiger partial charge in [0.1, 0.15) is 5.75 Å². The number of aromatic nitrogens is 1. The molecule has 4 nitrogen and oxygen atoms in total. The average Bonchev–Trinajstić information content (AvgIpc) is 3.03. The van der Waals surface area contributed by atoms with E-state index >= 15 is 0 Å². The predicted molar refractivity (Wildman–Crippen MR) is 108 cm³/mol. The zero-order valence-corrected chi connectivity index (χ0v) is 15.7. The van der Waals surface area contributed by atoms with E-state index in [0.717, 1.165) is 26.6 Å². The van der Waals surface area contributed by atoms with E-state index < -0.39 is 0 Å². The molecule has 1 N–H and O–H groups in total. The second-order valence-electron chi connectivity index (χ2n) is 5.94. The first-order chi connectivity index (χ1) is 12.5. The number of carbonyl (C=O) groups is 1. The third kappa shape index (κ3) is 3.00. The largest absolute Gasteiger partial charge is 0.496 e. The number of benzene rings is 3. The summed E-state index contributed by atoms with van der Waals surface area (Å²) in [5.41, 5.74) is 2.30. The van der Waals surface area contributed by atoms with Crippen molar-refractivity contribution in [3.05, 3.63) is 64.7 Å². The predicted octanol–water partition coefficient (Wildman–Crippen LogP) is 5.67. The third-order valence-corrected chi connectivity index (χ3v) is 5.32. The zero-order valence-electron chi connectivity index (χ0n) is 14.2. The number of rotatable bonds is 3. The molecule has 0 bridgehead atoms. The molecule has 0 spiro atoms. The Kier molecular flexibility index (Phi) is 4.26. The van der Waals surface area contributed by atoms with E-state index in [1.54, 1.807) is 7.11 Å². The summed E-state index contributed by atoms with van der Waals surface area (Å²) < 4.78 is 6.35. The maximum atomic E-state index is 12.8. The Balaban J connectivity index is 1.72. The Morgan fingerprint density at radius 2 is 1.88 bits per heavy atom. The summed E-state index contributed by atoms with van der Waals surface area (Å²) in [4.78, 5) is 17.3. The molecule has 130 valence electrons. The van der Waals surface area contributed by atoms with Gasteiger partial charge in [-0.3, -0.25) is 10.1 Å². The van der Waals surface area contributed by atoms with Gasteiger partial charge in [0, 0.05) is 5.02 Å². The smallest absolute Gasteiger partial charge is 0.261 e. The van der Waals surface area contributed by atoms with E-state index in [-0.39, 0.29) is 5.91 Å². The number of halogens is 1. The van der Waals surface area contributed by atoms with Crippen LogP contribution in [0.15, 0.2) is 48.5 Å². The highest BCUT2D eigenvalue weighted by molar-refractivity contribution is 7.22. The van der Waals surface area contributed by atoms with Gasteiger partial charge in [0.2, 0.25) is 0 Å². The Morgan fingerprint density at radius 1 is 1.15 bits per heavy atom. The maximum Gasteiger partial charge on any atom is 0.261 e. The molecule has 0 unspecified atom stereocenters. The molecule has 4 rings (SSSR count). The summed E-state index contributed by atoms with van der Waals surface area (Å²) in [6.07, 6.45) is 0. The number of amides is 1. The maximum absolute atomic E-state index is 12.8. The van der Waals surface area contributed by atoms with Crippen LogP contribution >= 0.6 is 22.9 Å². The second kappa shape index (κ2) is 6.59. The number of ether oxygens (including phenoxy) is 1. The van der Waals surface area contributed by atoms with E-state index in [4.69, 9.17) is 16.3 Å². The molecular formula is C20H15ClN2O2S. The van der Waals surface area contributed by atoms with Gasteiger partial charge >= 0.3 is 0 Å². The molecule has 0 saturated carbocycles. The van der Waals surface area contributed by atoms with Crippen LogP contribution in [-0.2, 0) is 0 Å². The van der Waals surface area contributed by atoms with Gasteiger partial charge in [-0.1, -0.05) is 47.2 Å². The van der Waals surface area contributed by atoms with Crippen molar-refractivity contribution in [1.82, 2.24) is 4.98 Å². The van der Waals surface area contributed by atoms with Crippen LogP contribution in [-0.4, -0.2) is 18.0 Å². The number of aryl methyl sites for hydroxylation is 1. The van der Waals surface area contributed by atoms with Gasteiger partial charge in [-0.2, -0.15) is 0 Å². The van der Waals surface area contributed by atoms with Crippen LogP contribution in [0.5, 0.6) is 5.75 Å². The van der Waals surface area contributed by atoms with Crippen molar-refractivity contribution in [1.29, 1.82) is 0 Å². The van der Waals surface area contributed by atoms with Crippen LogP contribution < -0.4 is 10.1 Å². The lowest BCUT2D eigenvalue weighted by atomic mass is 10.1. The van der Waals surface area contributed by atoms with Gasteiger partial charge in [-0.05, 0) is 47.5 Å². The monoisotopic (exact) mass is 382 g/mol. The minimum Gasteiger partial charge on any atom is -0.496 e. The standard InChI is InChI=1S/C20H15ClN2O2S/c1-11-7-14(21)10-17-18(11)22-20(26-17)23-19(24)15-8-12-5-3-4-6-13(12)9-16(15)25-2/h3-10H,1-2H3,(H,22,23,24). The van der Waals surface area contributed by atoms with Crippen LogP contribution in [0.3, 0.4) is 0 Å². The molecule has 4 aromatic rings. The first kappa shape index (κ1) is 16.8. The van der Waals surface area contributed by atoms with Crippen molar-refractivity contribution in [2.45, 2.75) is 6.92 Å². The molecule has 1 aromatic heterocycles. The van der Waals surface area contributed by atoms with Crippen molar-refractivity contribution in [3.63, 3.8) is 0 Å². The number of anilines is 1. The van der Waals surface area contributed by atoms with Crippen LogP contribution in [0.1, 0.15) is 15.9 Å². The van der Waals surface area contributed by atoms with Crippen molar-refractivity contribution in [2.75, 3.05) is 12.4 Å². The number of thiazole rings is 1. The van der Waals surface area contributed by atoms with Gasteiger partial charge in [-0.25, -0.2) is 4.98 Å². The fourth-order valence-electron chi connectivity index (χ4n) is 2.94. The van der Waals surface area contributed by atoms with Gasteiger partial charge in [0.15, 0.2) is 5.13 Å². The molecule has 0 atom stereocenters. The summed E-state index contributed by atoms with van der Waals surface area (Å²) in [6.45, 7) is 1.95. The Morgan fingerprint density at radius 3 is 2.62 bits per heavy atom. The number of carbonyl (C=O) groups excluding carboxylic acids is 1. The summed E-state index contributed by atoms with van der Waals surface area (Å²) in [5.74, 6) is 0.275. The van der Waals surface area contributed by atoms with Crippen molar-refractivity contribution in [3.8, 4) is 5.75 Å². The molecule has 6 heteroatoms. The van der Waals surface area contributed by atoms with Gasteiger partial charge < -0.3 is 4.74 Å². The normalized spacial score (nSPS) is 11.0. The average molecular weight is 383 g/mol. The summed E-state index contributed by atoms with van der Waals surface area (Å²) >= 11 is 7.50. The highest BCUT2D eigenvalue weighted by Gasteiger charge is 2.16. The van der Waals surface area contributed by atoms with Crippen molar-refractivity contribution < 1.29 is 9.53 Å². The number of nitrogens with one attached hydrogen (secondary N) is 1. The Bertz CT molecular complexity index is 1150. The minimum atomic E-state index is -0.254. The van der Waals surface area contributed by atoms with Gasteiger partial charge in [0.05, 0.1) is 22.9 Å². The van der Waals surface area contributed by atoms with Crippen LogP contribution in [0.4, 0.5) is 5.13 Å². The number of fused-ring (bicyclic) bond motifs is 2. The van der Waals surface area contributed by atoms with E-state index in [2.05, 4.69) is 10.3 Å². The zero-order chi connectivity index (χ0) is 18.3. The second-order valence-corrected chi connectivity index (χ2v) is 7.41. The van der Waals surface area contributed by atoms with E-state index in [0.29, 0.717) is 21.5 Å². The van der Waals surface area contributed by atoms with Crippen LogP contribution in [0.2, 0.25) is 5.02 Å². The van der Waals surface area contributed by atoms with Crippen molar-refractivity contribution >= 4 is 55.0 Å². The van der Waals surface area contributed by atoms with Gasteiger partial charge in [-0.15, -0.1) is 0 Å². The summed E-state index contributed by atoms with van der Waals surface area (Å²) in [6, 6.07) is 15.3. The fourth-order valence-corrected chi connectivity index (χ4v) is 4.25. The Hall–Kier alpha value is -2.63. The number of hydrogen-bond acceptors (Lipinski definition) is 4. The van der Waals surface area contributed by atoms with Crippen LogP contribution in [0, 0.1) is 6.92 Å². The Labute approximate surface area is 159 Å². The molecule has 0 aliphatic rings. The van der Waals surface area contributed by atoms with Crippen molar-refractivity contribution in [2.24, 2.45) is 0 Å². The molecule has 0 aliphatic heterocycles. The highest BCUT2D eigenvalue weighted by atomic mass is 35.5. The van der Waals surface area contributed by atoms with Crippen LogP contribution in [0.25, 0.3) is 21.0 Å². The van der Waals surface area contributed by atoms with E-state index in [9.17, 15) is 4.79 Å². The lowest BCUT2D eigenvalue weighted by Crippen LogP contribution is -2.13. The number of nitrogens with zero attached hydrogens (tertiary/aromatic N) is 1. The molecule has 1 amide bonds. The first-order valence-corrected chi connectivity index (χ1v) is 9.19. The minimum absolute atomic E-state index is 0.254. The number of methoxy groups -OCH3 is 1. The first-order valence-electron chi connectivity index (χ1n) is 8.00. The molecule has 0 radical (unpaired) electrons. The molecule has 3 aromatic carbocycles. The summed E-state index contributed by atoms with van der Waals surface area (Å²) in [5, 5.41) is 6.07. The van der Waals surface area contributed by atoms with Gasteiger partial charge in [0.25, 0.3) is 5.91 Å². The molecule has 0 fully saturated rings. The SMILES string of the molecule is COc1cc2ccccc2cc1C(=O)Nc1nc2c(C)cc(Cl)cc2s1. The number of hydrogen-bond donors (Lipinski definition) is 1. The fraction of sp³-hybridized carbons (Fsp3) is 0.100.